The summed E-state index contributed by atoms with van der Waals surface area (Å²) in [6, 6.07) is 10.2. The number of pyridine rings is 1. The van der Waals surface area contributed by atoms with Gasteiger partial charge >= 0.3 is 0 Å². The van der Waals surface area contributed by atoms with Crippen molar-refractivity contribution in [1.29, 1.82) is 0 Å². The van der Waals surface area contributed by atoms with Gasteiger partial charge in [0.2, 0.25) is 15.9 Å². The molecule has 6 nitrogen and oxygen atoms in total. The summed E-state index contributed by atoms with van der Waals surface area (Å²) in [4.78, 5) is 16.7. The van der Waals surface area contributed by atoms with Crippen molar-refractivity contribution in [2.24, 2.45) is 5.92 Å². The van der Waals surface area contributed by atoms with Crippen molar-refractivity contribution in [3.05, 3.63) is 54.4 Å². The minimum atomic E-state index is -3.57. The van der Waals surface area contributed by atoms with Crippen LogP contribution in [0.15, 0.2) is 53.7 Å². The van der Waals surface area contributed by atoms with E-state index in [1.807, 2.05) is 6.92 Å². The third-order valence-corrected chi connectivity index (χ3v) is 6.24. The average Bonchev–Trinajstić information content (AvgIpc) is 2.63. The molecule has 0 bridgehead atoms. The summed E-state index contributed by atoms with van der Waals surface area (Å²) in [5, 5.41) is 2.83. The molecule has 1 atom stereocenters. The van der Waals surface area contributed by atoms with Crippen molar-refractivity contribution in [2.75, 3.05) is 18.4 Å². The summed E-state index contributed by atoms with van der Waals surface area (Å²) >= 11 is 0. The number of carbonyl (C=O) groups is 1. The smallest absolute Gasteiger partial charge is 0.243 e. The van der Waals surface area contributed by atoms with Gasteiger partial charge in [-0.2, -0.15) is 4.31 Å². The highest BCUT2D eigenvalue weighted by Crippen LogP contribution is 2.25. The summed E-state index contributed by atoms with van der Waals surface area (Å²) in [6.07, 6.45) is 4.55. The van der Waals surface area contributed by atoms with Crippen LogP contribution in [-0.4, -0.2) is 36.7 Å². The first kappa shape index (κ1) is 17.6. The lowest BCUT2D eigenvalue weighted by Gasteiger charge is -2.31. The van der Waals surface area contributed by atoms with Crippen LogP contribution in [0.4, 0.5) is 5.69 Å². The van der Waals surface area contributed by atoms with Gasteiger partial charge in [-0.25, -0.2) is 8.42 Å². The molecule has 2 aromatic rings. The van der Waals surface area contributed by atoms with E-state index in [2.05, 4.69) is 10.3 Å². The third-order valence-electron chi connectivity index (χ3n) is 4.36. The molecule has 1 saturated heterocycles. The highest BCUT2D eigenvalue weighted by Gasteiger charge is 2.33. The molecular weight excluding hydrogens is 338 g/mol. The van der Waals surface area contributed by atoms with Crippen LogP contribution in [-0.2, 0) is 14.8 Å². The van der Waals surface area contributed by atoms with Gasteiger partial charge in [-0.05, 0) is 44.0 Å². The summed E-state index contributed by atoms with van der Waals surface area (Å²) in [7, 11) is -3.57. The predicted molar refractivity (Wildman–Crippen MR) is 95.5 cm³/mol. The first-order valence-electron chi connectivity index (χ1n) is 8.24. The Bertz CT molecular complexity index is 836. The number of sulfonamides is 1. The van der Waals surface area contributed by atoms with Gasteiger partial charge in [-0.15, -0.1) is 0 Å². The van der Waals surface area contributed by atoms with E-state index in [9.17, 15) is 13.2 Å². The minimum Gasteiger partial charge on any atom is -0.326 e. The maximum Gasteiger partial charge on any atom is 0.243 e. The molecule has 2 heterocycles. The Kier molecular flexibility index (Phi) is 5.15. The van der Waals surface area contributed by atoms with Crippen LogP contribution in [0.2, 0.25) is 0 Å². The molecule has 1 aliphatic rings. The van der Waals surface area contributed by atoms with Crippen molar-refractivity contribution in [3.8, 4) is 0 Å². The molecule has 0 spiro atoms. The van der Waals surface area contributed by atoms with E-state index in [1.54, 1.807) is 48.8 Å². The molecule has 1 fully saturated rings. The van der Waals surface area contributed by atoms with E-state index in [0.717, 1.165) is 5.56 Å². The number of nitrogens with zero attached hydrogens (tertiary/aromatic N) is 2. The lowest BCUT2D eigenvalue weighted by atomic mass is 9.99. The van der Waals surface area contributed by atoms with Gasteiger partial charge < -0.3 is 5.32 Å². The number of carbonyl (C=O) groups excluding carboxylic acids is 1. The number of amides is 1. The lowest BCUT2D eigenvalue weighted by Crippen LogP contribution is -2.43. The summed E-state index contributed by atoms with van der Waals surface area (Å²) in [5.74, 6) is -0.517. The fourth-order valence-electron chi connectivity index (χ4n) is 2.91. The van der Waals surface area contributed by atoms with Crippen LogP contribution < -0.4 is 5.32 Å². The highest BCUT2D eigenvalue weighted by molar-refractivity contribution is 7.89. The zero-order valence-electron chi connectivity index (χ0n) is 14.1. The van der Waals surface area contributed by atoms with E-state index in [0.29, 0.717) is 25.1 Å². The molecule has 132 valence electrons. The molecule has 1 aliphatic heterocycles. The standard InChI is InChI=1S/C18H21N3O3S/c1-14-4-6-17(7-5-14)25(23,24)21-12-2-3-15(13-21)18(22)20-16-8-10-19-11-9-16/h4-11,15H,2-3,12-13H2,1H3,(H,19,20,22)/t15-/m0/s1. The zero-order chi connectivity index (χ0) is 17.9. The molecule has 25 heavy (non-hydrogen) atoms. The van der Waals surface area contributed by atoms with Crippen LogP contribution in [0.1, 0.15) is 18.4 Å². The average molecular weight is 359 g/mol. The summed E-state index contributed by atoms with van der Waals surface area (Å²) < 4.78 is 27.0. The maximum atomic E-state index is 12.8. The van der Waals surface area contributed by atoms with Crippen molar-refractivity contribution in [1.82, 2.24) is 9.29 Å². The summed E-state index contributed by atoms with van der Waals surface area (Å²) in [5.41, 5.74) is 1.67. The molecule has 0 radical (unpaired) electrons. The Balaban J connectivity index is 1.72. The fourth-order valence-corrected chi connectivity index (χ4v) is 4.44. The number of rotatable bonds is 4. The van der Waals surface area contributed by atoms with Crippen LogP contribution in [0, 0.1) is 12.8 Å². The number of anilines is 1. The third kappa shape index (κ3) is 4.05. The van der Waals surface area contributed by atoms with Gasteiger partial charge in [0, 0.05) is 31.2 Å². The molecule has 0 aliphatic carbocycles. The SMILES string of the molecule is Cc1ccc(S(=O)(=O)N2CCC[C@H](C(=O)Nc3ccncc3)C2)cc1. The molecule has 7 heteroatoms. The number of aryl methyl sites for hydroxylation is 1. The number of benzene rings is 1. The van der Waals surface area contributed by atoms with E-state index < -0.39 is 10.0 Å². The van der Waals surface area contributed by atoms with Crippen molar-refractivity contribution < 1.29 is 13.2 Å². The second-order valence-electron chi connectivity index (χ2n) is 6.24. The molecule has 0 saturated carbocycles. The minimum absolute atomic E-state index is 0.157. The Morgan fingerprint density at radius 3 is 2.52 bits per heavy atom. The predicted octanol–water partition coefficient (Wildman–Crippen LogP) is 2.43. The van der Waals surface area contributed by atoms with Crippen LogP contribution >= 0.6 is 0 Å². The van der Waals surface area contributed by atoms with Gasteiger partial charge in [0.25, 0.3) is 0 Å². The quantitative estimate of drug-likeness (QED) is 0.909. The molecule has 1 aromatic heterocycles. The van der Waals surface area contributed by atoms with Crippen LogP contribution in [0.25, 0.3) is 0 Å². The van der Waals surface area contributed by atoms with Crippen molar-refractivity contribution >= 4 is 21.6 Å². The molecule has 1 N–H and O–H groups in total. The monoisotopic (exact) mass is 359 g/mol. The summed E-state index contributed by atoms with van der Waals surface area (Å²) in [6.45, 7) is 2.55. The number of hydrogen-bond acceptors (Lipinski definition) is 4. The maximum absolute atomic E-state index is 12.8. The normalized spacial score (nSPS) is 18.7. The first-order chi connectivity index (χ1) is 12.0. The topological polar surface area (TPSA) is 79.4 Å². The van der Waals surface area contributed by atoms with Crippen LogP contribution in [0.3, 0.4) is 0 Å². The van der Waals surface area contributed by atoms with Gasteiger partial charge in [0.05, 0.1) is 10.8 Å². The molecular formula is C18H21N3O3S. The van der Waals surface area contributed by atoms with E-state index >= 15 is 0 Å². The zero-order valence-corrected chi connectivity index (χ0v) is 14.9. The molecule has 0 unspecified atom stereocenters. The number of nitrogens with one attached hydrogen (secondary N) is 1. The Hall–Kier alpha value is -2.25. The second-order valence-corrected chi connectivity index (χ2v) is 8.18. The molecule has 1 aromatic carbocycles. The highest BCUT2D eigenvalue weighted by atomic mass is 32.2. The molecule has 1 amide bonds. The van der Waals surface area contributed by atoms with E-state index in [4.69, 9.17) is 0 Å². The van der Waals surface area contributed by atoms with Gasteiger partial charge in [-0.3, -0.25) is 9.78 Å². The van der Waals surface area contributed by atoms with Gasteiger partial charge in [-0.1, -0.05) is 17.7 Å². The number of aromatic nitrogens is 1. The second kappa shape index (κ2) is 7.33. The lowest BCUT2D eigenvalue weighted by molar-refractivity contribution is -0.120. The van der Waals surface area contributed by atoms with E-state index in [-0.39, 0.29) is 23.3 Å². The molecule has 3 rings (SSSR count). The van der Waals surface area contributed by atoms with E-state index in [1.165, 1.54) is 4.31 Å². The van der Waals surface area contributed by atoms with Crippen molar-refractivity contribution in [3.63, 3.8) is 0 Å². The van der Waals surface area contributed by atoms with Gasteiger partial charge in [0.1, 0.15) is 0 Å². The largest absolute Gasteiger partial charge is 0.326 e. The van der Waals surface area contributed by atoms with Crippen molar-refractivity contribution in [2.45, 2.75) is 24.7 Å². The Morgan fingerprint density at radius 1 is 1.16 bits per heavy atom. The number of hydrogen-bond donors (Lipinski definition) is 1. The number of piperidine rings is 1. The van der Waals surface area contributed by atoms with Crippen LogP contribution in [0.5, 0.6) is 0 Å². The Labute approximate surface area is 147 Å². The van der Waals surface area contributed by atoms with Gasteiger partial charge in [0.15, 0.2) is 0 Å². The first-order valence-corrected chi connectivity index (χ1v) is 9.68. The Morgan fingerprint density at radius 2 is 1.84 bits per heavy atom. The fraction of sp³-hybridized carbons (Fsp3) is 0.333.